The standard InChI is InChI=1S/C57H59N9O5/c58-45(32-37-15-3-1-4-16-37)54(68)64-50(34-39-26-27-40-19-7-8-21-42(40)31-39)56(70)66-51(35-43-36-61-47-24-12-10-22-44(43)47)57(71)65-49(33-38-17-5-2-6-18-38)55(69)63-48(53(59)67)25-13-14-30-60-52-29-28-41-20-9-11-23-46(41)62-52/h1-12,15-24,26-29,31,36,45,48-51,61H,13-14,25,30,32-35,58H2,(H2,59,67)(H,60,62)(H,63,69)(H,64,68)(H,65,71)(H,66,70)/t45-,48+,49-,50-,51+/m1/s1. The highest BCUT2D eigenvalue weighted by Crippen LogP contribution is 2.21. The van der Waals surface area contributed by atoms with Crippen LogP contribution in [0.1, 0.15) is 41.5 Å². The summed E-state index contributed by atoms with van der Waals surface area (Å²) in [4.78, 5) is 78.5. The van der Waals surface area contributed by atoms with E-state index in [-0.39, 0.29) is 32.1 Å². The Kier molecular flexibility index (Phi) is 16.4. The maximum Gasteiger partial charge on any atom is 0.243 e. The van der Waals surface area contributed by atoms with Crippen molar-refractivity contribution >= 4 is 67.9 Å². The molecular weight excluding hydrogens is 891 g/mol. The summed E-state index contributed by atoms with van der Waals surface area (Å²) in [5.41, 5.74) is 17.2. The lowest BCUT2D eigenvalue weighted by Gasteiger charge is -2.27. The Labute approximate surface area is 412 Å². The predicted molar refractivity (Wildman–Crippen MR) is 279 cm³/mol. The fraction of sp³-hybridized carbons (Fsp3) is 0.228. The van der Waals surface area contributed by atoms with E-state index in [1.807, 2.05) is 164 Å². The van der Waals surface area contributed by atoms with Gasteiger partial charge in [-0.25, -0.2) is 4.98 Å². The van der Waals surface area contributed by atoms with E-state index in [0.717, 1.165) is 60.6 Å². The number of hydrogen-bond donors (Lipinski definition) is 8. The highest BCUT2D eigenvalue weighted by molar-refractivity contribution is 5.97. The van der Waals surface area contributed by atoms with Crippen LogP contribution in [0.15, 0.2) is 170 Å². The van der Waals surface area contributed by atoms with E-state index >= 15 is 0 Å². The van der Waals surface area contributed by atoms with Gasteiger partial charge in [0.1, 0.15) is 30.0 Å². The summed E-state index contributed by atoms with van der Waals surface area (Å²) in [7, 11) is 0. The first-order chi connectivity index (χ1) is 34.6. The van der Waals surface area contributed by atoms with Crippen LogP contribution < -0.4 is 38.1 Å². The summed E-state index contributed by atoms with van der Waals surface area (Å²) in [6.45, 7) is 0.578. The van der Waals surface area contributed by atoms with Crippen LogP contribution in [-0.2, 0) is 49.7 Å². The van der Waals surface area contributed by atoms with Crippen molar-refractivity contribution in [3.8, 4) is 0 Å². The molecule has 8 rings (SSSR count). The highest BCUT2D eigenvalue weighted by atomic mass is 16.2. The van der Waals surface area contributed by atoms with Crippen molar-refractivity contribution in [1.29, 1.82) is 0 Å². The van der Waals surface area contributed by atoms with Gasteiger partial charge < -0.3 is 43.0 Å². The van der Waals surface area contributed by atoms with Gasteiger partial charge in [-0.1, -0.05) is 140 Å². The first-order valence-electron chi connectivity index (χ1n) is 24.0. The van der Waals surface area contributed by atoms with Gasteiger partial charge in [-0.3, -0.25) is 24.0 Å². The number of H-pyrrole nitrogens is 1. The van der Waals surface area contributed by atoms with Crippen LogP contribution in [-0.4, -0.2) is 76.3 Å². The number of anilines is 1. The second-order valence-electron chi connectivity index (χ2n) is 17.9. The molecule has 0 spiro atoms. The van der Waals surface area contributed by atoms with Gasteiger partial charge in [-0.15, -0.1) is 0 Å². The first kappa shape index (κ1) is 49.1. The van der Waals surface area contributed by atoms with E-state index < -0.39 is 59.7 Å². The molecule has 2 heterocycles. The quantitative estimate of drug-likeness (QED) is 0.0345. The van der Waals surface area contributed by atoms with Crippen LogP contribution in [0.25, 0.3) is 32.6 Å². The number of pyridine rings is 1. The molecule has 0 radical (unpaired) electrons. The number of aromatic nitrogens is 2. The summed E-state index contributed by atoms with van der Waals surface area (Å²) in [5.74, 6) is -2.40. The van der Waals surface area contributed by atoms with Crippen LogP contribution in [0.4, 0.5) is 5.82 Å². The van der Waals surface area contributed by atoms with Crippen LogP contribution in [0.3, 0.4) is 0 Å². The number of unbranched alkanes of at least 4 members (excludes halogenated alkanes) is 1. The summed E-state index contributed by atoms with van der Waals surface area (Å²) >= 11 is 0. The van der Waals surface area contributed by atoms with Crippen molar-refractivity contribution in [3.05, 3.63) is 192 Å². The first-order valence-corrected chi connectivity index (χ1v) is 24.0. The Morgan fingerprint density at radius 1 is 0.507 bits per heavy atom. The molecule has 0 saturated carbocycles. The number of benzene rings is 6. The zero-order valence-electron chi connectivity index (χ0n) is 39.4. The maximum atomic E-state index is 14.8. The van der Waals surface area contributed by atoms with E-state index in [4.69, 9.17) is 11.5 Å². The Balaban J connectivity index is 1.01. The number of amides is 5. The average Bonchev–Trinajstić information content (AvgIpc) is 3.80. The topological polar surface area (TPSA) is 226 Å². The number of carbonyl (C=O) groups is 5. The lowest BCUT2D eigenvalue weighted by Crippen LogP contribution is -2.60. The van der Waals surface area contributed by atoms with Crippen LogP contribution in [0.2, 0.25) is 0 Å². The smallest absolute Gasteiger partial charge is 0.243 e. The zero-order valence-corrected chi connectivity index (χ0v) is 39.4. The van der Waals surface area contributed by atoms with Crippen molar-refractivity contribution in [2.45, 2.75) is 75.2 Å². The van der Waals surface area contributed by atoms with Crippen molar-refractivity contribution in [2.24, 2.45) is 11.5 Å². The fourth-order valence-electron chi connectivity index (χ4n) is 8.80. The number of nitrogens with one attached hydrogen (secondary N) is 6. The minimum Gasteiger partial charge on any atom is -0.370 e. The molecule has 6 aromatic carbocycles. The van der Waals surface area contributed by atoms with E-state index in [1.165, 1.54) is 0 Å². The Morgan fingerprint density at radius 3 is 1.76 bits per heavy atom. The van der Waals surface area contributed by atoms with Gasteiger partial charge in [0, 0.05) is 48.3 Å². The lowest BCUT2D eigenvalue weighted by molar-refractivity contribution is -0.134. The largest absolute Gasteiger partial charge is 0.370 e. The Bertz CT molecular complexity index is 3110. The van der Waals surface area contributed by atoms with Gasteiger partial charge in [0.15, 0.2) is 0 Å². The molecule has 362 valence electrons. The molecule has 0 aliphatic heterocycles. The van der Waals surface area contributed by atoms with Gasteiger partial charge in [0.25, 0.3) is 0 Å². The van der Waals surface area contributed by atoms with Gasteiger partial charge in [-0.05, 0) is 83.0 Å². The SMILES string of the molecule is NC(=O)[C@H](CCCCNc1ccc2ccccc2n1)NC(=O)[C@@H](Cc1ccccc1)NC(=O)[C@H](Cc1c[nH]c2ccccc12)NC(=O)[C@@H](Cc1ccc2ccccc2c1)NC(=O)[C@H](N)Cc1ccccc1. The van der Waals surface area contributed by atoms with Crippen LogP contribution in [0.5, 0.6) is 0 Å². The van der Waals surface area contributed by atoms with E-state index in [2.05, 4.69) is 36.6 Å². The summed E-state index contributed by atoms with van der Waals surface area (Å²) in [6.07, 6.45) is 3.69. The van der Waals surface area contributed by atoms with E-state index in [1.54, 1.807) is 6.20 Å². The molecule has 0 aliphatic carbocycles. The maximum absolute atomic E-state index is 14.8. The molecule has 14 nitrogen and oxygen atoms in total. The van der Waals surface area contributed by atoms with Crippen LogP contribution >= 0.6 is 0 Å². The molecule has 14 heteroatoms. The Morgan fingerprint density at radius 2 is 1.06 bits per heavy atom. The van der Waals surface area contributed by atoms with Gasteiger partial charge in [0.05, 0.1) is 11.6 Å². The summed E-state index contributed by atoms with van der Waals surface area (Å²) in [6, 6.07) is 46.0. The second kappa shape index (κ2) is 23.8. The monoisotopic (exact) mass is 949 g/mol. The molecular formula is C57H59N9O5. The molecule has 0 fully saturated rings. The Hall–Kier alpha value is -8.36. The van der Waals surface area contributed by atoms with E-state index in [9.17, 15) is 24.0 Å². The normalized spacial score (nSPS) is 13.4. The number of para-hydroxylation sites is 2. The second-order valence-corrected chi connectivity index (χ2v) is 17.9. The van der Waals surface area contributed by atoms with Crippen LogP contribution in [0, 0.1) is 0 Å². The number of primary amides is 1. The molecule has 2 aromatic heterocycles. The molecule has 8 aromatic rings. The molecule has 5 amide bonds. The molecule has 0 saturated heterocycles. The van der Waals surface area contributed by atoms with Gasteiger partial charge in [-0.2, -0.15) is 0 Å². The van der Waals surface area contributed by atoms with Crippen molar-refractivity contribution < 1.29 is 24.0 Å². The zero-order chi connectivity index (χ0) is 49.5. The molecule has 0 bridgehead atoms. The summed E-state index contributed by atoms with van der Waals surface area (Å²) < 4.78 is 0. The number of hydrogen-bond acceptors (Lipinski definition) is 8. The minimum atomic E-state index is -1.24. The average molecular weight is 950 g/mol. The highest BCUT2D eigenvalue weighted by Gasteiger charge is 2.33. The molecule has 0 aliphatic rings. The lowest BCUT2D eigenvalue weighted by atomic mass is 9.99. The minimum absolute atomic E-state index is 0.0259. The predicted octanol–water partition coefficient (Wildman–Crippen LogP) is 6.17. The fourth-order valence-corrected chi connectivity index (χ4v) is 8.80. The van der Waals surface area contributed by atoms with Crippen molar-refractivity contribution in [2.75, 3.05) is 11.9 Å². The van der Waals surface area contributed by atoms with Gasteiger partial charge in [0.2, 0.25) is 29.5 Å². The number of nitrogens with zero attached hydrogens (tertiary/aromatic N) is 1. The molecule has 71 heavy (non-hydrogen) atoms. The molecule has 5 atom stereocenters. The number of aromatic amines is 1. The number of nitrogens with two attached hydrogens (primary N) is 2. The van der Waals surface area contributed by atoms with Crippen molar-refractivity contribution in [1.82, 2.24) is 31.2 Å². The third-order valence-corrected chi connectivity index (χ3v) is 12.7. The molecule has 10 N–H and O–H groups in total. The molecule has 0 unspecified atom stereocenters. The number of fused-ring (bicyclic) bond motifs is 3. The van der Waals surface area contributed by atoms with Gasteiger partial charge >= 0.3 is 0 Å². The van der Waals surface area contributed by atoms with E-state index in [0.29, 0.717) is 19.4 Å². The summed E-state index contributed by atoms with van der Waals surface area (Å²) in [5, 5.41) is 18.8. The number of rotatable bonds is 23. The third kappa shape index (κ3) is 13.5. The van der Waals surface area contributed by atoms with Crippen molar-refractivity contribution in [3.63, 3.8) is 0 Å². The third-order valence-electron chi connectivity index (χ3n) is 12.7. The number of carbonyl (C=O) groups excluding carboxylic acids is 5.